The predicted molar refractivity (Wildman–Crippen MR) is 61.0 cm³/mol. The monoisotopic (exact) mass is 224 g/mol. The number of ketones is 1. The molecule has 1 aliphatic heterocycles. The number of hydrogen-bond acceptors (Lipinski definition) is 3. The number of hydrogen-bond donors (Lipinski definition) is 1. The van der Waals surface area contributed by atoms with Crippen LogP contribution >= 0.6 is 0 Å². The van der Waals surface area contributed by atoms with Crippen LogP contribution in [0.4, 0.5) is 0 Å². The van der Waals surface area contributed by atoms with Crippen LogP contribution in [-0.2, 0) is 9.59 Å². The van der Waals surface area contributed by atoms with E-state index >= 15 is 0 Å². The number of likely N-dealkylation sites (tertiary alicyclic amines) is 1. The normalized spacial score (nSPS) is 26.8. The first-order chi connectivity index (χ1) is 7.69. The Kier molecular flexibility index (Phi) is 3.59. The summed E-state index contributed by atoms with van der Waals surface area (Å²) in [6.07, 6.45) is 3.75. The zero-order valence-electron chi connectivity index (χ0n) is 9.87. The summed E-state index contributed by atoms with van der Waals surface area (Å²) in [6.45, 7) is 4.00. The SMILES string of the molecule is CCC1CN(CC(=O)NC2CC2)CCC1=O. The van der Waals surface area contributed by atoms with Gasteiger partial charge < -0.3 is 5.32 Å². The molecule has 1 unspecified atom stereocenters. The van der Waals surface area contributed by atoms with Crippen LogP contribution < -0.4 is 5.32 Å². The minimum Gasteiger partial charge on any atom is -0.352 e. The number of rotatable bonds is 4. The molecule has 4 heteroatoms. The molecule has 2 rings (SSSR count). The van der Waals surface area contributed by atoms with Gasteiger partial charge in [-0.2, -0.15) is 0 Å². The van der Waals surface area contributed by atoms with Crippen molar-refractivity contribution in [2.45, 2.75) is 38.6 Å². The van der Waals surface area contributed by atoms with Crippen molar-refractivity contribution in [1.29, 1.82) is 0 Å². The number of amides is 1. The van der Waals surface area contributed by atoms with E-state index < -0.39 is 0 Å². The van der Waals surface area contributed by atoms with E-state index in [1.807, 2.05) is 6.92 Å². The molecule has 2 aliphatic rings. The highest BCUT2D eigenvalue weighted by Gasteiger charge is 2.28. The molecule has 0 aromatic carbocycles. The van der Waals surface area contributed by atoms with Crippen LogP contribution in [0.5, 0.6) is 0 Å². The highest BCUT2D eigenvalue weighted by atomic mass is 16.2. The van der Waals surface area contributed by atoms with Crippen molar-refractivity contribution in [2.75, 3.05) is 19.6 Å². The van der Waals surface area contributed by atoms with Crippen LogP contribution in [0.25, 0.3) is 0 Å². The van der Waals surface area contributed by atoms with E-state index in [0.29, 0.717) is 24.8 Å². The number of piperidine rings is 1. The summed E-state index contributed by atoms with van der Waals surface area (Å²) in [5, 5.41) is 2.98. The van der Waals surface area contributed by atoms with Crippen LogP contribution in [0.15, 0.2) is 0 Å². The maximum Gasteiger partial charge on any atom is 0.234 e. The Labute approximate surface area is 96.4 Å². The smallest absolute Gasteiger partial charge is 0.234 e. The van der Waals surface area contributed by atoms with Gasteiger partial charge in [0.25, 0.3) is 0 Å². The Morgan fingerprint density at radius 2 is 2.25 bits per heavy atom. The minimum absolute atomic E-state index is 0.117. The van der Waals surface area contributed by atoms with Gasteiger partial charge >= 0.3 is 0 Å². The third-order valence-electron chi connectivity index (χ3n) is 3.41. The second-order valence-corrected chi connectivity index (χ2v) is 4.90. The van der Waals surface area contributed by atoms with Gasteiger partial charge in [0.1, 0.15) is 5.78 Å². The maximum absolute atomic E-state index is 11.6. The number of Topliss-reactive ketones (excluding diaryl/α,β-unsaturated/α-hetero) is 1. The molecular formula is C12H20N2O2. The molecule has 1 atom stereocenters. The first kappa shape index (κ1) is 11.6. The van der Waals surface area contributed by atoms with Crippen LogP contribution in [-0.4, -0.2) is 42.3 Å². The van der Waals surface area contributed by atoms with Crippen LogP contribution in [0, 0.1) is 5.92 Å². The van der Waals surface area contributed by atoms with Crippen LogP contribution in [0.2, 0.25) is 0 Å². The molecule has 1 heterocycles. The molecule has 1 saturated carbocycles. The van der Waals surface area contributed by atoms with Gasteiger partial charge in [-0.05, 0) is 19.3 Å². The number of nitrogens with one attached hydrogen (secondary N) is 1. The largest absolute Gasteiger partial charge is 0.352 e. The maximum atomic E-state index is 11.6. The molecule has 0 radical (unpaired) electrons. The molecule has 0 aromatic rings. The number of nitrogens with zero attached hydrogens (tertiary/aromatic N) is 1. The van der Waals surface area contributed by atoms with Crippen molar-refractivity contribution in [3.8, 4) is 0 Å². The van der Waals surface area contributed by atoms with E-state index in [1.165, 1.54) is 0 Å². The molecule has 0 bridgehead atoms. The van der Waals surface area contributed by atoms with Crippen molar-refractivity contribution in [1.82, 2.24) is 10.2 Å². The predicted octanol–water partition coefficient (Wildman–Crippen LogP) is 0.566. The molecule has 1 amide bonds. The lowest BCUT2D eigenvalue weighted by Crippen LogP contribution is -2.45. The average molecular weight is 224 g/mol. The summed E-state index contributed by atoms with van der Waals surface area (Å²) >= 11 is 0. The Morgan fingerprint density at radius 3 is 2.88 bits per heavy atom. The van der Waals surface area contributed by atoms with Gasteiger partial charge in [-0.15, -0.1) is 0 Å². The lowest BCUT2D eigenvalue weighted by molar-refractivity contribution is -0.129. The summed E-state index contributed by atoms with van der Waals surface area (Å²) in [5.41, 5.74) is 0. The van der Waals surface area contributed by atoms with Crippen molar-refractivity contribution >= 4 is 11.7 Å². The lowest BCUT2D eigenvalue weighted by atomic mass is 9.94. The third-order valence-corrected chi connectivity index (χ3v) is 3.41. The van der Waals surface area contributed by atoms with Crippen LogP contribution in [0.1, 0.15) is 32.6 Å². The zero-order valence-corrected chi connectivity index (χ0v) is 9.87. The van der Waals surface area contributed by atoms with Gasteiger partial charge in [-0.3, -0.25) is 14.5 Å². The Hall–Kier alpha value is -0.900. The van der Waals surface area contributed by atoms with Crippen molar-refractivity contribution in [3.63, 3.8) is 0 Å². The molecule has 0 spiro atoms. The van der Waals surface area contributed by atoms with E-state index in [-0.39, 0.29) is 11.8 Å². The highest BCUT2D eigenvalue weighted by molar-refractivity contribution is 5.83. The molecule has 0 aromatic heterocycles. The summed E-state index contributed by atoms with van der Waals surface area (Å²) < 4.78 is 0. The van der Waals surface area contributed by atoms with Crippen molar-refractivity contribution in [2.24, 2.45) is 5.92 Å². The van der Waals surface area contributed by atoms with Gasteiger partial charge in [-0.25, -0.2) is 0 Å². The van der Waals surface area contributed by atoms with E-state index in [0.717, 1.165) is 32.4 Å². The van der Waals surface area contributed by atoms with E-state index in [4.69, 9.17) is 0 Å². The Bertz CT molecular complexity index is 287. The summed E-state index contributed by atoms with van der Waals surface area (Å²) in [6, 6.07) is 0.431. The fraction of sp³-hybridized carbons (Fsp3) is 0.833. The molecule has 1 saturated heterocycles. The summed E-state index contributed by atoms with van der Waals surface area (Å²) in [7, 11) is 0. The second-order valence-electron chi connectivity index (χ2n) is 4.90. The number of carbonyl (C=O) groups excluding carboxylic acids is 2. The fourth-order valence-electron chi connectivity index (χ4n) is 2.18. The van der Waals surface area contributed by atoms with Gasteiger partial charge in [0.2, 0.25) is 5.91 Å². The fourth-order valence-corrected chi connectivity index (χ4v) is 2.18. The zero-order chi connectivity index (χ0) is 11.5. The summed E-state index contributed by atoms with van der Waals surface area (Å²) in [5.74, 6) is 0.621. The molecule has 2 fully saturated rings. The van der Waals surface area contributed by atoms with Gasteiger partial charge in [-0.1, -0.05) is 6.92 Å². The molecular weight excluding hydrogens is 204 g/mol. The molecule has 4 nitrogen and oxygen atoms in total. The second kappa shape index (κ2) is 4.95. The van der Waals surface area contributed by atoms with Crippen LogP contribution in [0.3, 0.4) is 0 Å². The third kappa shape index (κ3) is 3.04. The van der Waals surface area contributed by atoms with E-state index in [2.05, 4.69) is 10.2 Å². The molecule has 16 heavy (non-hydrogen) atoms. The summed E-state index contributed by atoms with van der Waals surface area (Å²) in [4.78, 5) is 25.2. The quantitative estimate of drug-likeness (QED) is 0.759. The molecule has 1 N–H and O–H groups in total. The first-order valence-corrected chi connectivity index (χ1v) is 6.23. The standard InChI is InChI=1S/C12H20N2O2/c1-2-9-7-14(6-5-11(9)15)8-12(16)13-10-3-4-10/h9-10H,2-8H2,1H3,(H,13,16). The Morgan fingerprint density at radius 1 is 1.50 bits per heavy atom. The van der Waals surface area contributed by atoms with E-state index in [9.17, 15) is 9.59 Å². The van der Waals surface area contributed by atoms with Crippen molar-refractivity contribution in [3.05, 3.63) is 0 Å². The average Bonchev–Trinajstić information content (AvgIpc) is 3.04. The molecule has 1 aliphatic carbocycles. The Balaban J connectivity index is 1.76. The molecule has 90 valence electrons. The number of carbonyl (C=O) groups is 2. The van der Waals surface area contributed by atoms with Gasteiger partial charge in [0.15, 0.2) is 0 Å². The first-order valence-electron chi connectivity index (χ1n) is 6.23. The van der Waals surface area contributed by atoms with Gasteiger partial charge in [0.05, 0.1) is 6.54 Å². The van der Waals surface area contributed by atoms with Crippen molar-refractivity contribution < 1.29 is 9.59 Å². The van der Waals surface area contributed by atoms with E-state index in [1.54, 1.807) is 0 Å². The highest BCUT2D eigenvalue weighted by Crippen LogP contribution is 2.19. The minimum atomic E-state index is 0.117. The topological polar surface area (TPSA) is 49.4 Å². The van der Waals surface area contributed by atoms with Gasteiger partial charge in [0, 0.05) is 31.5 Å². The lowest BCUT2D eigenvalue weighted by Gasteiger charge is -2.30.